The average molecular weight is 537 g/mol. The van der Waals surface area contributed by atoms with E-state index >= 15 is 0 Å². The number of H-pyrrole nitrogens is 1. The Hall–Kier alpha value is -3.45. The Balaban J connectivity index is 1.07. The van der Waals surface area contributed by atoms with E-state index in [9.17, 15) is 4.79 Å². The first-order chi connectivity index (χ1) is 19.5. The monoisotopic (exact) mass is 536 g/mol. The highest BCUT2D eigenvalue weighted by molar-refractivity contribution is 5.93. The zero-order valence-electron chi connectivity index (χ0n) is 23.7. The number of amides is 1. The second-order valence-electron chi connectivity index (χ2n) is 12.3. The molecule has 2 aromatic carbocycles. The van der Waals surface area contributed by atoms with E-state index in [1.54, 1.807) is 6.33 Å². The Morgan fingerprint density at radius 2 is 1.65 bits per heavy atom. The highest BCUT2D eigenvalue weighted by atomic mass is 16.2. The van der Waals surface area contributed by atoms with Crippen molar-refractivity contribution >= 4 is 16.9 Å². The van der Waals surface area contributed by atoms with Crippen LogP contribution in [0.1, 0.15) is 78.6 Å². The number of benzene rings is 2. The van der Waals surface area contributed by atoms with Crippen LogP contribution in [0.2, 0.25) is 0 Å². The second-order valence-corrected chi connectivity index (χ2v) is 12.3. The first-order valence-corrected chi connectivity index (χ1v) is 15.1. The summed E-state index contributed by atoms with van der Waals surface area (Å²) in [6.45, 7) is 6.78. The summed E-state index contributed by atoms with van der Waals surface area (Å²) in [4.78, 5) is 30.3. The minimum Gasteiger partial charge on any atom is -0.348 e. The second kappa shape index (κ2) is 10.2. The van der Waals surface area contributed by atoms with Crippen LogP contribution in [0.15, 0.2) is 60.9 Å². The summed E-state index contributed by atoms with van der Waals surface area (Å²) in [5.74, 6) is 1.20. The van der Waals surface area contributed by atoms with Gasteiger partial charge in [-0.1, -0.05) is 42.5 Å². The molecule has 5 heterocycles. The molecule has 7 rings (SSSR count). The van der Waals surface area contributed by atoms with E-state index in [1.807, 2.05) is 11.8 Å². The number of carbonyl (C=O) groups excluding carboxylic acids is 1. The Kier molecular flexibility index (Phi) is 6.50. The van der Waals surface area contributed by atoms with E-state index in [1.165, 1.54) is 36.8 Å². The van der Waals surface area contributed by atoms with Gasteiger partial charge < -0.3 is 14.5 Å². The molecule has 0 spiro atoms. The van der Waals surface area contributed by atoms with Crippen molar-refractivity contribution in [2.24, 2.45) is 0 Å². The zero-order chi connectivity index (χ0) is 27.3. The van der Waals surface area contributed by atoms with Gasteiger partial charge in [0.15, 0.2) is 0 Å². The third-order valence-corrected chi connectivity index (χ3v) is 10.3. The minimum absolute atomic E-state index is 0.0582. The van der Waals surface area contributed by atoms with Gasteiger partial charge in [0.25, 0.3) is 5.91 Å². The van der Waals surface area contributed by atoms with Crippen LogP contribution in [-0.4, -0.2) is 66.9 Å². The fourth-order valence-corrected chi connectivity index (χ4v) is 8.13. The summed E-state index contributed by atoms with van der Waals surface area (Å²) >= 11 is 0. The van der Waals surface area contributed by atoms with E-state index < -0.39 is 0 Å². The lowest BCUT2D eigenvalue weighted by Crippen LogP contribution is -2.49. The number of imidazole rings is 2. The molecule has 0 radical (unpaired) electrons. The van der Waals surface area contributed by atoms with Crippen LogP contribution < -0.4 is 0 Å². The molecule has 7 nitrogen and oxygen atoms in total. The van der Waals surface area contributed by atoms with Crippen molar-refractivity contribution in [2.45, 2.75) is 82.3 Å². The standard InChI is InChI=1S/C33H40N6O/c1-23-31(35-22-34-23)32(40)37-17-14-33(15-18-37,25-8-4-3-5-9-25)16-19-38-26-12-13-27(38)21-28(20-26)39-24(2)36-29-10-6-7-11-30(29)39/h3-11,22,26-28H,12-21H2,1-2H3,(H,34,35). The van der Waals surface area contributed by atoms with Gasteiger partial charge in [0, 0.05) is 36.9 Å². The number of aromatic amines is 1. The highest BCUT2D eigenvalue weighted by Crippen LogP contribution is 2.45. The van der Waals surface area contributed by atoms with Gasteiger partial charge in [0.1, 0.15) is 11.5 Å². The van der Waals surface area contributed by atoms with Gasteiger partial charge in [0.05, 0.1) is 17.4 Å². The van der Waals surface area contributed by atoms with E-state index in [0.29, 0.717) is 23.8 Å². The lowest BCUT2D eigenvalue weighted by molar-refractivity contribution is 0.0602. The molecule has 3 fully saturated rings. The van der Waals surface area contributed by atoms with Crippen molar-refractivity contribution in [3.63, 3.8) is 0 Å². The molecule has 0 saturated carbocycles. The van der Waals surface area contributed by atoms with Crippen LogP contribution in [0.25, 0.3) is 11.0 Å². The van der Waals surface area contributed by atoms with Crippen LogP contribution in [0.3, 0.4) is 0 Å². The number of nitrogens with one attached hydrogen (secondary N) is 1. The molecule has 3 aliphatic heterocycles. The number of fused-ring (bicyclic) bond motifs is 3. The average Bonchev–Trinajstić information content (AvgIpc) is 3.63. The van der Waals surface area contributed by atoms with Gasteiger partial charge in [-0.15, -0.1) is 0 Å². The van der Waals surface area contributed by atoms with Crippen LogP contribution in [0.5, 0.6) is 0 Å². The van der Waals surface area contributed by atoms with Gasteiger partial charge in [-0.25, -0.2) is 9.97 Å². The largest absolute Gasteiger partial charge is 0.348 e. The number of piperidine rings is 2. The number of nitrogens with zero attached hydrogens (tertiary/aromatic N) is 5. The number of carbonyl (C=O) groups is 1. The Labute approximate surface area is 236 Å². The summed E-state index contributed by atoms with van der Waals surface area (Å²) < 4.78 is 2.53. The number of hydrogen-bond acceptors (Lipinski definition) is 4. The molecular weight excluding hydrogens is 496 g/mol. The molecular formula is C33H40N6O. The van der Waals surface area contributed by atoms with E-state index in [0.717, 1.165) is 55.9 Å². The van der Waals surface area contributed by atoms with Gasteiger partial charge >= 0.3 is 0 Å². The molecule has 4 aromatic rings. The molecule has 2 unspecified atom stereocenters. The van der Waals surface area contributed by atoms with Crippen LogP contribution in [0.4, 0.5) is 0 Å². The van der Waals surface area contributed by atoms with Crippen molar-refractivity contribution in [3.8, 4) is 0 Å². The summed E-state index contributed by atoms with van der Waals surface area (Å²) in [5.41, 5.74) is 5.35. The first-order valence-electron chi connectivity index (χ1n) is 15.1. The Morgan fingerprint density at radius 3 is 2.35 bits per heavy atom. The first kappa shape index (κ1) is 25.5. The predicted octanol–water partition coefficient (Wildman–Crippen LogP) is 5.81. The molecule has 7 heteroatoms. The highest BCUT2D eigenvalue weighted by Gasteiger charge is 2.44. The molecule has 3 aliphatic rings. The number of likely N-dealkylation sites (tertiary alicyclic amines) is 1. The number of rotatable bonds is 6. The van der Waals surface area contributed by atoms with Crippen LogP contribution in [-0.2, 0) is 5.41 Å². The third-order valence-electron chi connectivity index (χ3n) is 10.3. The SMILES string of the molecule is Cc1[nH]cnc1C(=O)N1CCC(CCN2C3CCC2CC(n2c(C)nc4ccccc42)C3)(c2ccccc2)CC1. The van der Waals surface area contributed by atoms with E-state index in [-0.39, 0.29) is 11.3 Å². The van der Waals surface area contributed by atoms with Gasteiger partial charge in [-0.05, 0) is 88.4 Å². The molecule has 1 N–H and O–H groups in total. The van der Waals surface area contributed by atoms with Crippen molar-refractivity contribution in [3.05, 3.63) is 83.7 Å². The van der Waals surface area contributed by atoms with E-state index in [4.69, 9.17) is 4.98 Å². The summed E-state index contributed by atoms with van der Waals surface area (Å²) in [6, 6.07) is 21.5. The summed E-state index contributed by atoms with van der Waals surface area (Å²) in [5, 5.41) is 0. The third kappa shape index (κ3) is 4.35. The summed E-state index contributed by atoms with van der Waals surface area (Å²) in [6.07, 6.45) is 9.78. The summed E-state index contributed by atoms with van der Waals surface area (Å²) in [7, 11) is 0. The van der Waals surface area contributed by atoms with Gasteiger partial charge in [-0.2, -0.15) is 0 Å². The molecule has 3 saturated heterocycles. The molecule has 2 aromatic heterocycles. The molecule has 2 bridgehead atoms. The zero-order valence-corrected chi connectivity index (χ0v) is 23.7. The minimum atomic E-state index is 0.0582. The lowest BCUT2D eigenvalue weighted by Gasteiger charge is -2.45. The van der Waals surface area contributed by atoms with E-state index in [2.05, 4.69) is 81.0 Å². The van der Waals surface area contributed by atoms with Crippen molar-refractivity contribution < 1.29 is 4.79 Å². The lowest BCUT2D eigenvalue weighted by atomic mass is 9.70. The van der Waals surface area contributed by atoms with Crippen LogP contribution in [0, 0.1) is 13.8 Å². The van der Waals surface area contributed by atoms with Crippen LogP contribution >= 0.6 is 0 Å². The van der Waals surface area contributed by atoms with Crippen molar-refractivity contribution in [2.75, 3.05) is 19.6 Å². The van der Waals surface area contributed by atoms with Gasteiger partial charge in [-0.3, -0.25) is 9.69 Å². The Bertz CT molecular complexity index is 1480. The number of para-hydroxylation sites is 2. The molecule has 208 valence electrons. The fraction of sp³-hybridized carbons (Fsp3) is 0.485. The maximum atomic E-state index is 13.2. The number of aromatic nitrogens is 4. The quantitative estimate of drug-likeness (QED) is 0.338. The van der Waals surface area contributed by atoms with Crippen molar-refractivity contribution in [1.82, 2.24) is 29.3 Å². The maximum absolute atomic E-state index is 13.2. The number of aryl methyl sites for hydroxylation is 2. The fourth-order valence-electron chi connectivity index (χ4n) is 8.13. The van der Waals surface area contributed by atoms with Crippen molar-refractivity contribution in [1.29, 1.82) is 0 Å². The normalized spacial score (nSPS) is 24.6. The molecule has 1 amide bonds. The molecule has 2 atom stereocenters. The topological polar surface area (TPSA) is 70.1 Å². The smallest absolute Gasteiger partial charge is 0.274 e. The maximum Gasteiger partial charge on any atom is 0.274 e. The predicted molar refractivity (Wildman–Crippen MR) is 157 cm³/mol. The Morgan fingerprint density at radius 1 is 0.950 bits per heavy atom. The van der Waals surface area contributed by atoms with Gasteiger partial charge in [0.2, 0.25) is 0 Å². The number of hydrogen-bond donors (Lipinski definition) is 1. The molecule has 40 heavy (non-hydrogen) atoms. The molecule has 0 aliphatic carbocycles.